The van der Waals surface area contributed by atoms with E-state index in [1.54, 1.807) is 6.07 Å². The lowest BCUT2D eigenvalue weighted by Crippen LogP contribution is -2.23. The summed E-state index contributed by atoms with van der Waals surface area (Å²) >= 11 is 12.2. The molecule has 2 aromatic carbocycles. The first-order valence-electron chi connectivity index (χ1n) is 9.55. The molecular weight excluding hydrogens is 461 g/mol. The molecular formula is C20H19Cl2N5O3S. The Morgan fingerprint density at radius 2 is 1.94 bits per heavy atom. The van der Waals surface area contributed by atoms with E-state index in [0.29, 0.717) is 38.8 Å². The number of sulfonamides is 1. The van der Waals surface area contributed by atoms with Crippen LogP contribution in [0.4, 0.5) is 0 Å². The van der Waals surface area contributed by atoms with Gasteiger partial charge in [-0.2, -0.15) is 0 Å². The zero-order chi connectivity index (χ0) is 22.3. The number of primary sulfonamides is 1. The smallest absolute Gasteiger partial charge is 0.261 e. The van der Waals surface area contributed by atoms with Gasteiger partial charge in [0.15, 0.2) is 0 Å². The third-order valence-electron chi connectivity index (χ3n) is 5.02. The van der Waals surface area contributed by atoms with E-state index in [4.69, 9.17) is 28.3 Å². The van der Waals surface area contributed by atoms with Gasteiger partial charge in [0.1, 0.15) is 5.82 Å². The number of benzene rings is 2. The van der Waals surface area contributed by atoms with E-state index < -0.39 is 10.0 Å². The number of imidazole rings is 1. The fraction of sp³-hybridized carbons (Fsp3) is 0.250. The molecule has 11 heteroatoms. The lowest BCUT2D eigenvalue weighted by molar-refractivity contribution is 0.591. The summed E-state index contributed by atoms with van der Waals surface area (Å²) in [4.78, 5) is 21.9. The van der Waals surface area contributed by atoms with E-state index in [1.807, 2.05) is 4.57 Å². The maximum atomic E-state index is 13.0. The highest BCUT2D eigenvalue weighted by molar-refractivity contribution is 7.89. The largest absolute Gasteiger partial charge is 0.326 e. The fourth-order valence-electron chi connectivity index (χ4n) is 3.48. The highest BCUT2D eigenvalue weighted by Gasteiger charge is 2.16. The van der Waals surface area contributed by atoms with Crippen LogP contribution in [0.5, 0.6) is 0 Å². The molecule has 0 saturated heterocycles. The van der Waals surface area contributed by atoms with Gasteiger partial charge < -0.3 is 4.57 Å². The number of rotatable bonds is 6. The zero-order valence-corrected chi connectivity index (χ0v) is 18.9. The monoisotopic (exact) mass is 479 g/mol. The van der Waals surface area contributed by atoms with Crippen LogP contribution < -0.4 is 10.7 Å². The predicted octanol–water partition coefficient (Wildman–Crippen LogP) is 3.55. The number of aryl methyl sites for hydroxylation is 1. The summed E-state index contributed by atoms with van der Waals surface area (Å²) in [6.45, 7) is 2.89. The van der Waals surface area contributed by atoms with Gasteiger partial charge in [-0.05, 0) is 36.8 Å². The predicted molar refractivity (Wildman–Crippen MR) is 121 cm³/mol. The van der Waals surface area contributed by atoms with Crippen LogP contribution in [0.25, 0.3) is 21.9 Å². The molecule has 31 heavy (non-hydrogen) atoms. The Balaban J connectivity index is 1.85. The Bertz CT molecular complexity index is 1480. The molecule has 0 spiro atoms. The minimum absolute atomic E-state index is 0.0134. The molecule has 2 heterocycles. The molecule has 0 radical (unpaired) electrons. The van der Waals surface area contributed by atoms with Crippen molar-refractivity contribution in [3.63, 3.8) is 0 Å². The molecule has 8 nitrogen and oxygen atoms in total. The highest BCUT2D eigenvalue weighted by atomic mass is 35.5. The third kappa shape index (κ3) is 4.18. The fourth-order valence-corrected chi connectivity index (χ4v) is 4.56. The minimum Gasteiger partial charge on any atom is -0.326 e. The van der Waals surface area contributed by atoms with Crippen molar-refractivity contribution in [2.45, 2.75) is 37.8 Å². The Kier molecular flexibility index (Phi) is 5.78. The maximum Gasteiger partial charge on any atom is 0.261 e. The van der Waals surface area contributed by atoms with Crippen LogP contribution in [0.15, 0.2) is 46.3 Å². The van der Waals surface area contributed by atoms with Gasteiger partial charge >= 0.3 is 0 Å². The topological polar surface area (TPSA) is 113 Å². The molecule has 162 valence electrons. The molecule has 0 unspecified atom stereocenters. The molecule has 0 aliphatic rings. The van der Waals surface area contributed by atoms with Crippen LogP contribution in [-0.4, -0.2) is 27.5 Å². The van der Waals surface area contributed by atoms with E-state index in [9.17, 15) is 13.2 Å². The normalized spacial score (nSPS) is 12.1. The number of aromatic nitrogens is 4. The van der Waals surface area contributed by atoms with Crippen molar-refractivity contribution in [2.24, 2.45) is 5.14 Å². The van der Waals surface area contributed by atoms with Gasteiger partial charge in [-0.15, -0.1) is 0 Å². The van der Waals surface area contributed by atoms with E-state index in [1.165, 1.54) is 35.2 Å². The summed E-state index contributed by atoms with van der Waals surface area (Å²) in [7, 11) is -3.85. The van der Waals surface area contributed by atoms with Crippen LogP contribution in [0.3, 0.4) is 0 Å². The summed E-state index contributed by atoms with van der Waals surface area (Å²) in [5.74, 6) is 0.603. The van der Waals surface area contributed by atoms with Gasteiger partial charge in [-0.3, -0.25) is 9.36 Å². The molecule has 0 amide bonds. The van der Waals surface area contributed by atoms with Crippen molar-refractivity contribution in [1.29, 1.82) is 0 Å². The molecule has 0 saturated carbocycles. The van der Waals surface area contributed by atoms with Crippen LogP contribution >= 0.6 is 23.2 Å². The Labute approximate surface area is 188 Å². The molecule has 0 bridgehead atoms. The average Bonchev–Trinajstić information content (AvgIpc) is 3.04. The van der Waals surface area contributed by atoms with E-state index >= 15 is 0 Å². The van der Waals surface area contributed by atoms with E-state index in [2.05, 4.69) is 16.9 Å². The van der Waals surface area contributed by atoms with Crippen LogP contribution in [-0.2, 0) is 23.1 Å². The lowest BCUT2D eigenvalue weighted by atomic mass is 10.2. The Morgan fingerprint density at radius 1 is 1.16 bits per heavy atom. The van der Waals surface area contributed by atoms with Gasteiger partial charge in [-0.1, -0.05) is 36.5 Å². The molecule has 4 rings (SSSR count). The molecule has 0 fully saturated rings. The third-order valence-corrected chi connectivity index (χ3v) is 6.44. The number of halogens is 2. The summed E-state index contributed by atoms with van der Waals surface area (Å²) in [5.41, 5.74) is 1.34. The van der Waals surface area contributed by atoms with E-state index in [-0.39, 0.29) is 17.0 Å². The quantitative estimate of drug-likeness (QED) is 0.454. The van der Waals surface area contributed by atoms with Gasteiger partial charge in [0, 0.05) is 11.6 Å². The highest BCUT2D eigenvalue weighted by Crippen LogP contribution is 2.25. The zero-order valence-electron chi connectivity index (χ0n) is 16.5. The van der Waals surface area contributed by atoms with Crippen LogP contribution in [0.2, 0.25) is 10.0 Å². The first-order chi connectivity index (χ1) is 14.7. The first kappa shape index (κ1) is 21.8. The van der Waals surface area contributed by atoms with Gasteiger partial charge in [0.05, 0.1) is 44.7 Å². The van der Waals surface area contributed by atoms with Crippen molar-refractivity contribution in [3.05, 3.63) is 62.9 Å². The summed E-state index contributed by atoms with van der Waals surface area (Å²) in [6, 6.07) is 7.65. The lowest BCUT2D eigenvalue weighted by Gasteiger charge is -2.11. The second kappa shape index (κ2) is 8.23. The second-order valence-electron chi connectivity index (χ2n) is 7.19. The number of hydrogen-bond donors (Lipinski definition) is 1. The summed E-state index contributed by atoms with van der Waals surface area (Å²) < 4.78 is 26.9. The number of nitrogens with two attached hydrogens (primary N) is 1. The molecule has 2 aromatic heterocycles. The van der Waals surface area contributed by atoms with Crippen LogP contribution in [0.1, 0.15) is 25.6 Å². The minimum atomic E-state index is -3.85. The number of nitrogens with zero attached hydrogens (tertiary/aromatic N) is 4. The number of unbranched alkanes of at least 4 members (excludes halogenated alkanes) is 1. The van der Waals surface area contributed by atoms with E-state index in [0.717, 1.165) is 18.4 Å². The SMILES string of the molecule is CCCCn1c(Cn2cnc3c(Cl)cc(Cl)cc3c2=O)nc2cc(S(N)(=O)=O)ccc21. The van der Waals surface area contributed by atoms with Crippen molar-refractivity contribution in [1.82, 2.24) is 19.1 Å². The van der Waals surface area contributed by atoms with Crippen LogP contribution in [0, 0.1) is 0 Å². The van der Waals surface area contributed by atoms with Crippen molar-refractivity contribution >= 4 is 55.2 Å². The van der Waals surface area contributed by atoms with Gasteiger partial charge in [0.2, 0.25) is 10.0 Å². The first-order valence-corrected chi connectivity index (χ1v) is 11.9. The summed E-state index contributed by atoms with van der Waals surface area (Å²) in [5, 5.41) is 6.22. The average molecular weight is 480 g/mol. The molecule has 2 N–H and O–H groups in total. The molecule has 0 aliphatic carbocycles. The number of hydrogen-bond acceptors (Lipinski definition) is 5. The van der Waals surface area contributed by atoms with Gasteiger partial charge in [-0.25, -0.2) is 23.5 Å². The molecule has 0 atom stereocenters. The van der Waals surface area contributed by atoms with Crippen molar-refractivity contribution < 1.29 is 8.42 Å². The standard InChI is InChI=1S/C20H19Cl2N5O3S/c1-2-3-6-27-17-5-4-13(31(23,29)30)9-16(17)25-18(27)10-26-11-24-19-14(20(26)28)7-12(21)8-15(19)22/h4-5,7-9,11H,2-3,6,10H2,1H3,(H2,23,29,30). The number of fused-ring (bicyclic) bond motifs is 2. The molecule has 0 aliphatic heterocycles. The van der Waals surface area contributed by atoms with Crippen molar-refractivity contribution in [2.75, 3.05) is 0 Å². The Morgan fingerprint density at radius 3 is 2.65 bits per heavy atom. The van der Waals surface area contributed by atoms with Gasteiger partial charge in [0.25, 0.3) is 5.56 Å². The Hall–Kier alpha value is -2.46. The second-order valence-corrected chi connectivity index (χ2v) is 9.60. The molecule has 4 aromatic rings. The maximum absolute atomic E-state index is 13.0. The summed E-state index contributed by atoms with van der Waals surface area (Å²) in [6.07, 6.45) is 3.28. The van der Waals surface area contributed by atoms with Crippen molar-refractivity contribution in [3.8, 4) is 0 Å².